The van der Waals surface area contributed by atoms with E-state index in [9.17, 15) is 14.4 Å². The molecule has 1 unspecified atom stereocenters. The van der Waals surface area contributed by atoms with Gasteiger partial charge in [0.2, 0.25) is 0 Å². The number of alkyl carbamates (subject to hydrolysis) is 1. The highest BCUT2D eigenvalue weighted by Crippen LogP contribution is 2.44. The smallest absolute Gasteiger partial charge is 0.407 e. The van der Waals surface area contributed by atoms with Crippen molar-refractivity contribution in [2.75, 3.05) is 6.61 Å². The summed E-state index contributed by atoms with van der Waals surface area (Å²) in [5, 5.41) is 2.49. The van der Waals surface area contributed by atoms with Crippen LogP contribution in [0.4, 0.5) is 4.79 Å². The number of carbonyl (C=O) groups is 3. The van der Waals surface area contributed by atoms with Gasteiger partial charge in [0.25, 0.3) is 0 Å². The molecule has 5 heteroatoms. The summed E-state index contributed by atoms with van der Waals surface area (Å²) in [6.07, 6.45) is -0.715. The summed E-state index contributed by atoms with van der Waals surface area (Å²) in [6.45, 7) is 2.90. The molecule has 1 aliphatic carbocycles. The Morgan fingerprint density at radius 3 is 2.00 bits per heavy atom. The summed E-state index contributed by atoms with van der Waals surface area (Å²) < 4.78 is 5.39. The van der Waals surface area contributed by atoms with Crippen molar-refractivity contribution >= 4 is 17.7 Å². The minimum atomic E-state index is -0.844. The van der Waals surface area contributed by atoms with Crippen molar-refractivity contribution in [3.05, 3.63) is 59.7 Å². The Morgan fingerprint density at radius 2 is 1.50 bits per heavy atom. The second kappa shape index (κ2) is 7.52. The van der Waals surface area contributed by atoms with Crippen LogP contribution < -0.4 is 5.32 Å². The molecular formula is C21H21NO4. The number of benzene rings is 2. The third-order valence-electron chi connectivity index (χ3n) is 4.62. The number of fused-ring (bicyclic) bond motifs is 3. The van der Waals surface area contributed by atoms with Crippen LogP contribution in [0.15, 0.2) is 48.5 Å². The molecule has 1 amide bonds. The molecule has 2 aromatic rings. The molecule has 2 aromatic carbocycles. The lowest BCUT2D eigenvalue weighted by Crippen LogP contribution is -2.41. The monoisotopic (exact) mass is 351 g/mol. The van der Waals surface area contributed by atoms with Gasteiger partial charge in [0, 0.05) is 12.3 Å². The second-order valence-electron chi connectivity index (χ2n) is 6.54. The summed E-state index contributed by atoms with van der Waals surface area (Å²) in [5.41, 5.74) is 4.53. The van der Waals surface area contributed by atoms with Crippen LogP contribution in [0.3, 0.4) is 0 Å². The van der Waals surface area contributed by atoms with E-state index in [1.54, 1.807) is 0 Å². The number of nitrogens with one attached hydrogen (secondary N) is 1. The molecule has 1 N–H and O–H groups in total. The number of carbonyl (C=O) groups excluding carboxylic acids is 3. The maximum atomic E-state index is 12.1. The van der Waals surface area contributed by atoms with Crippen LogP contribution in [-0.4, -0.2) is 30.3 Å². The van der Waals surface area contributed by atoms with Gasteiger partial charge in [0.1, 0.15) is 12.4 Å². The van der Waals surface area contributed by atoms with E-state index in [0.717, 1.165) is 22.3 Å². The lowest BCUT2D eigenvalue weighted by atomic mass is 9.98. The first-order chi connectivity index (χ1) is 12.5. The Morgan fingerprint density at radius 1 is 0.962 bits per heavy atom. The number of Topliss-reactive ketones (excluding diaryl/α,β-unsaturated/α-hetero) is 2. The minimum absolute atomic E-state index is 0.0282. The summed E-state index contributed by atoms with van der Waals surface area (Å²) in [5.74, 6) is -0.477. The van der Waals surface area contributed by atoms with Gasteiger partial charge in [-0.3, -0.25) is 9.59 Å². The largest absolute Gasteiger partial charge is 0.449 e. The molecular weight excluding hydrogens is 330 g/mol. The topological polar surface area (TPSA) is 72.5 Å². The number of ketones is 2. The Hall–Kier alpha value is -2.95. The lowest BCUT2D eigenvalue weighted by molar-refractivity contribution is -0.123. The van der Waals surface area contributed by atoms with Crippen molar-refractivity contribution in [1.82, 2.24) is 5.32 Å². The Labute approximate surface area is 152 Å². The van der Waals surface area contributed by atoms with Gasteiger partial charge in [0.05, 0.1) is 6.04 Å². The average molecular weight is 351 g/mol. The van der Waals surface area contributed by atoms with E-state index in [-0.39, 0.29) is 30.5 Å². The SMILES string of the molecule is CC(=O)CC(NC(=O)OCC1c2ccccc2-c2ccccc21)C(C)=O. The van der Waals surface area contributed by atoms with Gasteiger partial charge in [-0.2, -0.15) is 0 Å². The number of amides is 1. The first-order valence-electron chi connectivity index (χ1n) is 8.58. The van der Waals surface area contributed by atoms with E-state index >= 15 is 0 Å². The molecule has 1 atom stereocenters. The highest BCUT2D eigenvalue weighted by Gasteiger charge is 2.29. The number of hydrogen-bond acceptors (Lipinski definition) is 4. The Bertz CT molecular complexity index is 813. The zero-order chi connectivity index (χ0) is 18.7. The molecule has 26 heavy (non-hydrogen) atoms. The maximum Gasteiger partial charge on any atom is 0.407 e. The van der Waals surface area contributed by atoms with Crippen LogP contribution >= 0.6 is 0 Å². The predicted octanol–water partition coefficient (Wildman–Crippen LogP) is 3.46. The van der Waals surface area contributed by atoms with Crippen LogP contribution in [0.1, 0.15) is 37.3 Å². The van der Waals surface area contributed by atoms with E-state index in [2.05, 4.69) is 17.4 Å². The van der Waals surface area contributed by atoms with Crippen molar-refractivity contribution < 1.29 is 19.1 Å². The van der Waals surface area contributed by atoms with Crippen LogP contribution in [0.2, 0.25) is 0 Å². The molecule has 0 spiro atoms. The molecule has 0 saturated carbocycles. The van der Waals surface area contributed by atoms with Crippen molar-refractivity contribution in [2.45, 2.75) is 32.2 Å². The standard InChI is InChI=1S/C21H21NO4/c1-13(23)11-20(14(2)24)22-21(25)26-12-19-17-9-5-3-7-15(17)16-8-4-6-10-18(16)19/h3-10,19-20H,11-12H2,1-2H3,(H,22,25). The third kappa shape index (κ3) is 3.67. The molecule has 0 radical (unpaired) electrons. The van der Waals surface area contributed by atoms with Gasteiger partial charge >= 0.3 is 6.09 Å². The molecule has 3 rings (SSSR count). The molecule has 1 aliphatic rings. The fraction of sp³-hybridized carbons (Fsp3) is 0.286. The third-order valence-corrected chi connectivity index (χ3v) is 4.62. The molecule has 0 bridgehead atoms. The van der Waals surface area contributed by atoms with Crippen LogP contribution in [0, 0.1) is 0 Å². The number of hydrogen-bond donors (Lipinski definition) is 1. The van der Waals surface area contributed by atoms with Crippen LogP contribution in [0.25, 0.3) is 11.1 Å². The van der Waals surface area contributed by atoms with Gasteiger partial charge < -0.3 is 10.1 Å². The molecule has 0 heterocycles. The normalized spacial score (nSPS) is 13.5. The fourth-order valence-corrected chi connectivity index (χ4v) is 3.37. The molecule has 0 fully saturated rings. The maximum absolute atomic E-state index is 12.1. The van der Waals surface area contributed by atoms with Crippen molar-refractivity contribution in [3.63, 3.8) is 0 Å². The average Bonchev–Trinajstić information content (AvgIpc) is 2.93. The molecule has 0 saturated heterocycles. The Kier molecular flexibility index (Phi) is 5.16. The van der Waals surface area contributed by atoms with E-state index in [4.69, 9.17) is 4.74 Å². The van der Waals surface area contributed by atoms with Gasteiger partial charge in [-0.1, -0.05) is 48.5 Å². The highest BCUT2D eigenvalue weighted by molar-refractivity contribution is 5.90. The van der Waals surface area contributed by atoms with Crippen LogP contribution in [-0.2, 0) is 14.3 Å². The van der Waals surface area contributed by atoms with Crippen LogP contribution in [0.5, 0.6) is 0 Å². The van der Waals surface area contributed by atoms with E-state index < -0.39 is 12.1 Å². The van der Waals surface area contributed by atoms with Gasteiger partial charge in [0.15, 0.2) is 5.78 Å². The summed E-state index contributed by atoms with van der Waals surface area (Å²) in [4.78, 5) is 34.9. The fourth-order valence-electron chi connectivity index (χ4n) is 3.37. The van der Waals surface area contributed by atoms with Gasteiger partial charge in [-0.15, -0.1) is 0 Å². The molecule has 134 valence electrons. The highest BCUT2D eigenvalue weighted by atomic mass is 16.5. The summed E-state index contributed by atoms with van der Waals surface area (Å²) >= 11 is 0. The van der Waals surface area contributed by atoms with E-state index in [0.29, 0.717) is 0 Å². The quantitative estimate of drug-likeness (QED) is 0.865. The number of rotatable bonds is 6. The molecule has 0 aromatic heterocycles. The first kappa shape index (κ1) is 17.9. The second-order valence-corrected chi connectivity index (χ2v) is 6.54. The van der Waals surface area contributed by atoms with Gasteiger partial charge in [-0.25, -0.2) is 4.79 Å². The Balaban J connectivity index is 1.71. The summed E-state index contributed by atoms with van der Waals surface area (Å²) in [7, 11) is 0. The van der Waals surface area contributed by atoms with E-state index in [1.165, 1.54) is 13.8 Å². The molecule has 5 nitrogen and oxygen atoms in total. The van der Waals surface area contributed by atoms with E-state index in [1.807, 2.05) is 36.4 Å². The predicted molar refractivity (Wildman–Crippen MR) is 98.0 cm³/mol. The van der Waals surface area contributed by atoms with Crippen molar-refractivity contribution in [1.29, 1.82) is 0 Å². The molecule has 0 aliphatic heterocycles. The van der Waals surface area contributed by atoms with Gasteiger partial charge in [-0.05, 0) is 36.1 Å². The van der Waals surface area contributed by atoms with Crippen molar-refractivity contribution in [2.24, 2.45) is 0 Å². The number of ether oxygens (including phenoxy) is 1. The lowest BCUT2D eigenvalue weighted by Gasteiger charge is -2.17. The van der Waals surface area contributed by atoms with Crippen molar-refractivity contribution in [3.8, 4) is 11.1 Å². The zero-order valence-corrected chi connectivity index (χ0v) is 14.8. The zero-order valence-electron chi connectivity index (χ0n) is 14.8. The first-order valence-corrected chi connectivity index (χ1v) is 8.58. The minimum Gasteiger partial charge on any atom is -0.449 e. The summed E-state index contributed by atoms with van der Waals surface area (Å²) in [6, 6.07) is 15.3.